The average molecular weight is 708 g/mol. The van der Waals surface area contributed by atoms with Gasteiger partial charge in [0.2, 0.25) is 0 Å². The van der Waals surface area contributed by atoms with E-state index >= 15 is 0 Å². The Bertz CT molecular complexity index is 3360. The van der Waals surface area contributed by atoms with E-state index in [2.05, 4.69) is 169 Å². The number of hydrogen-bond acceptors (Lipinski definition) is 4. The zero-order valence-corrected chi connectivity index (χ0v) is 30.9. The van der Waals surface area contributed by atoms with Gasteiger partial charge in [0.1, 0.15) is 16.7 Å². The summed E-state index contributed by atoms with van der Waals surface area (Å²) < 4.78 is 16.3. The number of aryl methyl sites for hydroxylation is 1. The highest BCUT2D eigenvalue weighted by Gasteiger charge is 2.49. The highest BCUT2D eigenvalue weighted by Crippen LogP contribution is 2.54. The molecule has 0 spiro atoms. The molecule has 0 radical (unpaired) electrons. The molecule has 6 heterocycles. The summed E-state index contributed by atoms with van der Waals surface area (Å²) in [6, 6.07) is 48.9. The summed E-state index contributed by atoms with van der Waals surface area (Å²) in [4.78, 5) is 5.04. The van der Waals surface area contributed by atoms with Crippen molar-refractivity contribution in [3.8, 4) is 5.69 Å². The minimum Gasteiger partial charge on any atom is -0.468 e. The number of nitrogens with zero attached hydrogens (tertiary/aromatic N) is 3. The highest BCUT2D eigenvalue weighted by molar-refractivity contribution is 7.00. The lowest BCUT2D eigenvalue weighted by molar-refractivity contribution is 0.590. The first-order chi connectivity index (χ1) is 26.8. The number of para-hydroxylation sites is 4. The van der Waals surface area contributed by atoms with E-state index < -0.39 is 0 Å². The van der Waals surface area contributed by atoms with Crippen LogP contribution in [0, 0.1) is 6.92 Å². The number of anilines is 6. The molecule has 260 valence electrons. The maximum atomic E-state index is 7.25. The number of furan rings is 2. The molecule has 7 aromatic carbocycles. The zero-order chi connectivity index (χ0) is 36.5. The lowest BCUT2D eigenvalue weighted by Crippen LogP contribution is -2.61. The van der Waals surface area contributed by atoms with E-state index in [1.165, 1.54) is 72.3 Å². The first-order valence-electron chi connectivity index (χ1n) is 19.2. The molecule has 0 N–H and O–H groups in total. The van der Waals surface area contributed by atoms with Crippen LogP contribution in [0.3, 0.4) is 0 Å². The standard InChI is InChI=1S/C49H34BN3O2/c1-27-24-38-44-39(25-27)53-36-18-9-14-30-29-12-5-7-16-34(29)51(45(30)36)37-19-10-15-33(47(37)53)50(44)48-46(32-26-28(49(2,3)4)22-23-41(32)55-48)52(38)35-17-11-21-42-43(35)31-13-6-8-20-40(31)54-42/h5-26H,1-4H3. The predicted molar refractivity (Wildman–Crippen MR) is 229 cm³/mol. The van der Waals surface area contributed by atoms with Crippen LogP contribution in [-0.4, -0.2) is 11.3 Å². The zero-order valence-electron chi connectivity index (χ0n) is 30.9. The summed E-state index contributed by atoms with van der Waals surface area (Å²) in [7, 11) is 0. The molecule has 10 aromatic rings. The topological polar surface area (TPSA) is 37.7 Å². The monoisotopic (exact) mass is 707 g/mol. The Hall–Kier alpha value is -6.66. The molecular formula is C49H34BN3O2. The second-order valence-corrected chi connectivity index (χ2v) is 16.6. The van der Waals surface area contributed by atoms with Crippen LogP contribution >= 0.6 is 0 Å². The van der Waals surface area contributed by atoms with Crippen molar-refractivity contribution in [3.05, 3.63) is 145 Å². The van der Waals surface area contributed by atoms with Gasteiger partial charge < -0.3 is 23.2 Å². The predicted octanol–water partition coefficient (Wildman–Crippen LogP) is 11.4. The molecule has 0 saturated carbocycles. The van der Waals surface area contributed by atoms with Crippen LogP contribution in [0.1, 0.15) is 31.9 Å². The third-order valence-corrected chi connectivity index (χ3v) is 12.4. The van der Waals surface area contributed by atoms with Gasteiger partial charge in [-0.05, 0) is 95.1 Å². The summed E-state index contributed by atoms with van der Waals surface area (Å²) in [6.45, 7) is 8.96. The first-order valence-corrected chi connectivity index (χ1v) is 19.2. The molecule has 0 fully saturated rings. The maximum Gasteiger partial charge on any atom is 0.297 e. The van der Waals surface area contributed by atoms with Gasteiger partial charge in [-0.25, -0.2) is 0 Å². The molecule has 3 aliphatic heterocycles. The molecule has 5 nitrogen and oxygen atoms in total. The van der Waals surface area contributed by atoms with Crippen molar-refractivity contribution < 1.29 is 8.83 Å². The summed E-state index contributed by atoms with van der Waals surface area (Å²) in [6.07, 6.45) is 0. The van der Waals surface area contributed by atoms with Crippen LogP contribution in [-0.2, 0) is 5.41 Å². The van der Waals surface area contributed by atoms with E-state index in [1.54, 1.807) is 0 Å². The van der Waals surface area contributed by atoms with Crippen molar-refractivity contribution in [2.75, 3.05) is 9.80 Å². The Balaban J connectivity index is 1.21. The molecular weight excluding hydrogens is 673 g/mol. The van der Waals surface area contributed by atoms with Gasteiger partial charge in [-0.15, -0.1) is 0 Å². The van der Waals surface area contributed by atoms with Crippen LogP contribution in [0.5, 0.6) is 0 Å². The number of aromatic nitrogens is 1. The Kier molecular flexibility index (Phi) is 5.36. The molecule has 0 aliphatic carbocycles. The van der Waals surface area contributed by atoms with Gasteiger partial charge in [-0.3, -0.25) is 0 Å². The lowest BCUT2D eigenvalue weighted by Gasteiger charge is -2.45. The summed E-state index contributed by atoms with van der Waals surface area (Å²) in [5.74, 6) is 0. The SMILES string of the molecule is Cc1cc2c3c(c1)N1c4c(cccc4-n4c5ccccc5c5cccc1c54)B3c1oc3ccc(C(C)(C)C)cc3c1N2c1cccc2oc3ccccc3c12. The minimum absolute atomic E-state index is 0.0393. The molecule has 0 atom stereocenters. The second kappa shape index (κ2) is 9.90. The van der Waals surface area contributed by atoms with Gasteiger partial charge in [-0.1, -0.05) is 93.6 Å². The number of hydrogen-bond donors (Lipinski definition) is 0. The van der Waals surface area contributed by atoms with Crippen LogP contribution in [0.4, 0.5) is 34.1 Å². The molecule has 3 aromatic heterocycles. The van der Waals surface area contributed by atoms with Crippen LogP contribution in [0.15, 0.2) is 142 Å². The third kappa shape index (κ3) is 3.60. The maximum absolute atomic E-state index is 7.25. The fourth-order valence-corrected chi connectivity index (χ4v) is 10.2. The molecule has 0 bridgehead atoms. The van der Waals surface area contributed by atoms with Gasteiger partial charge in [0.25, 0.3) is 6.71 Å². The van der Waals surface area contributed by atoms with Gasteiger partial charge >= 0.3 is 0 Å². The fourth-order valence-electron chi connectivity index (χ4n) is 10.2. The van der Waals surface area contributed by atoms with Crippen molar-refractivity contribution >= 4 is 112 Å². The van der Waals surface area contributed by atoms with Crippen LogP contribution in [0.2, 0.25) is 0 Å². The summed E-state index contributed by atoms with van der Waals surface area (Å²) in [5, 5.41) is 5.86. The Morgan fingerprint density at radius 1 is 0.527 bits per heavy atom. The van der Waals surface area contributed by atoms with E-state index in [0.29, 0.717) is 0 Å². The molecule has 6 heteroatoms. The van der Waals surface area contributed by atoms with Gasteiger partial charge in [0, 0.05) is 32.9 Å². The van der Waals surface area contributed by atoms with E-state index in [-0.39, 0.29) is 12.1 Å². The highest BCUT2D eigenvalue weighted by atomic mass is 16.3. The van der Waals surface area contributed by atoms with E-state index in [4.69, 9.17) is 8.83 Å². The number of fused-ring (bicyclic) bond motifs is 14. The van der Waals surface area contributed by atoms with Crippen molar-refractivity contribution in [2.24, 2.45) is 0 Å². The molecule has 0 amide bonds. The molecule has 0 saturated heterocycles. The average Bonchev–Trinajstić information content (AvgIpc) is 3.87. The summed E-state index contributed by atoms with van der Waals surface area (Å²) in [5.41, 5.74) is 19.2. The fraction of sp³-hybridized carbons (Fsp3) is 0.102. The Morgan fingerprint density at radius 2 is 1.20 bits per heavy atom. The van der Waals surface area contributed by atoms with Crippen LogP contribution in [0.25, 0.3) is 60.4 Å². The Morgan fingerprint density at radius 3 is 2.05 bits per heavy atom. The third-order valence-electron chi connectivity index (χ3n) is 12.4. The first kappa shape index (κ1) is 29.8. The smallest absolute Gasteiger partial charge is 0.297 e. The van der Waals surface area contributed by atoms with E-state index in [0.717, 1.165) is 49.9 Å². The lowest BCUT2D eigenvalue weighted by atomic mass is 9.35. The van der Waals surface area contributed by atoms with Crippen LogP contribution < -0.4 is 26.4 Å². The number of rotatable bonds is 1. The minimum atomic E-state index is -0.128. The largest absolute Gasteiger partial charge is 0.468 e. The molecule has 55 heavy (non-hydrogen) atoms. The number of benzene rings is 7. The van der Waals surface area contributed by atoms with Crippen molar-refractivity contribution in [2.45, 2.75) is 33.1 Å². The molecule has 0 unspecified atom stereocenters. The van der Waals surface area contributed by atoms with Gasteiger partial charge in [0.15, 0.2) is 0 Å². The summed E-state index contributed by atoms with van der Waals surface area (Å²) >= 11 is 0. The second-order valence-electron chi connectivity index (χ2n) is 16.6. The van der Waals surface area contributed by atoms with Crippen molar-refractivity contribution in [1.82, 2.24) is 4.57 Å². The van der Waals surface area contributed by atoms with Crippen molar-refractivity contribution in [3.63, 3.8) is 0 Å². The quantitative estimate of drug-likeness (QED) is 0.159. The van der Waals surface area contributed by atoms with E-state index in [9.17, 15) is 0 Å². The van der Waals surface area contributed by atoms with Crippen molar-refractivity contribution in [1.29, 1.82) is 0 Å². The Labute approximate surface area is 317 Å². The van der Waals surface area contributed by atoms with E-state index in [1.807, 2.05) is 6.07 Å². The van der Waals surface area contributed by atoms with Gasteiger partial charge in [0.05, 0.1) is 50.5 Å². The molecule has 3 aliphatic rings. The molecule has 13 rings (SSSR count). The van der Waals surface area contributed by atoms with Gasteiger partial charge in [-0.2, -0.15) is 0 Å². The normalized spacial score (nSPS) is 14.1.